The number of ketones is 2. The number of aliphatic hydroxyl groups is 1. The molecule has 66 heavy (non-hydrogen) atoms. The predicted octanol–water partition coefficient (Wildman–Crippen LogP) is 17.4. The molecule has 0 aliphatic heterocycles. The fraction of sp³-hybridized carbons (Fsp3) is 0.944. The first-order chi connectivity index (χ1) is 31.1. The van der Waals surface area contributed by atoms with Crippen molar-refractivity contribution in [3.63, 3.8) is 0 Å². The monoisotopic (exact) mass is 1560 g/mol. The Hall–Kier alpha value is 3.59. The molecule has 0 bridgehead atoms. The van der Waals surface area contributed by atoms with E-state index < -0.39 is 0 Å². The number of esters is 1. The number of halogens is 5. The molecule has 0 aromatic heterocycles. The van der Waals surface area contributed by atoms with Gasteiger partial charge in [-0.3, -0.25) is 14.4 Å². The van der Waals surface area contributed by atoms with Crippen LogP contribution in [0.5, 0.6) is 0 Å². The number of ether oxygens (including phenoxy) is 1. The molecule has 8 fully saturated rings. The molecule has 8 saturated carbocycles. The van der Waals surface area contributed by atoms with Crippen molar-refractivity contribution in [3.8, 4) is 0 Å². The van der Waals surface area contributed by atoms with Crippen LogP contribution in [0.15, 0.2) is 0 Å². The molecule has 5 nitrogen and oxygen atoms in total. The van der Waals surface area contributed by atoms with Gasteiger partial charge in [-0.1, -0.05) is 88.5 Å². The Kier molecular flexibility index (Phi) is 23.9. The van der Waals surface area contributed by atoms with E-state index in [0.717, 1.165) is 56.3 Å². The molecular formula is C54H90I5O5V2. The van der Waals surface area contributed by atoms with E-state index in [1.807, 2.05) is 0 Å². The molecule has 1 N–H and O–H groups in total. The molecule has 0 heterocycles. The third-order valence-corrected chi connectivity index (χ3v) is 21.8. The van der Waals surface area contributed by atoms with Gasteiger partial charge in [-0.05, 0) is 189 Å². The average molecular weight is 1560 g/mol. The van der Waals surface area contributed by atoms with Crippen LogP contribution in [0.1, 0.15) is 198 Å². The zero-order chi connectivity index (χ0) is 49.1. The fourth-order valence-electron chi connectivity index (χ4n) is 18.7. The van der Waals surface area contributed by atoms with Gasteiger partial charge in [-0.2, -0.15) is 0 Å². The van der Waals surface area contributed by atoms with Crippen LogP contribution >= 0.6 is 99.9 Å². The van der Waals surface area contributed by atoms with Crippen LogP contribution in [-0.4, -0.2) is 35.9 Å². The van der Waals surface area contributed by atoms with E-state index in [4.69, 9.17) is 4.74 Å². The Morgan fingerprint density at radius 1 is 0.667 bits per heavy atom. The number of aliphatic hydroxyl groups excluding tert-OH is 1. The zero-order valence-electron chi connectivity index (χ0n) is 42.7. The van der Waals surface area contributed by atoms with E-state index in [9.17, 15) is 19.5 Å². The van der Waals surface area contributed by atoms with Gasteiger partial charge in [0.25, 0.3) is 0 Å². The second kappa shape index (κ2) is 26.1. The summed E-state index contributed by atoms with van der Waals surface area (Å²) in [7, 11) is 2.11. The van der Waals surface area contributed by atoms with Gasteiger partial charge in [0.2, 0.25) is 0 Å². The summed E-state index contributed by atoms with van der Waals surface area (Å²) in [5, 5.41) is 10.4. The molecule has 0 amide bonds. The topological polar surface area (TPSA) is 80.7 Å². The van der Waals surface area contributed by atoms with Crippen LogP contribution in [0.3, 0.4) is 0 Å². The summed E-state index contributed by atoms with van der Waals surface area (Å²) >= 11 is 12.1. The molecule has 0 spiro atoms. The number of methoxy groups -OCH3 is 1. The third-order valence-electron chi connectivity index (χ3n) is 21.8. The third kappa shape index (κ3) is 12.4. The summed E-state index contributed by atoms with van der Waals surface area (Å²) in [6, 6.07) is 0. The van der Waals surface area contributed by atoms with Crippen molar-refractivity contribution in [1.82, 2.24) is 0 Å². The van der Waals surface area contributed by atoms with Gasteiger partial charge < -0.3 is 9.84 Å². The van der Waals surface area contributed by atoms with Crippen LogP contribution in [0.4, 0.5) is 0 Å². The normalized spacial score (nSPS) is 45.2. The zero-order valence-corrected chi connectivity index (χ0v) is 56.3. The maximum atomic E-state index is 14.0. The molecule has 0 aromatic rings. The van der Waals surface area contributed by atoms with Gasteiger partial charge in [0.05, 0.1) is 13.2 Å². The number of carbonyl (C=O) groups is 3. The Morgan fingerprint density at radius 2 is 1.06 bits per heavy atom. The predicted molar refractivity (Wildman–Crippen MR) is 309 cm³/mol. The molecule has 381 valence electrons. The maximum absolute atomic E-state index is 14.0. The van der Waals surface area contributed by atoms with Crippen LogP contribution in [0, 0.1) is 110 Å². The quantitative estimate of drug-likeness (QED) is 0.184. The van der Waals surface area contributed by atoms with Crippen molar-refractivity contribution < 1.29 is 38.6 Å². The molecule has 8 aliphatic rings. The second-order valence-corrected chi connectivity index (χ2v) is 71.6. The van der Waals surface area contributed by atoms with Gasteiger partial charge in [0.15, 0.2) is 0 Å². The van der Waals surface area contributed by atoms with Crippen molar-refractivity contribution in [2.24, 2.45) is 110 Å². The fourth-order valence-corrected chi connectivity index (χ4v) is 18.7. The van der Waals surface area contributed by atoms with E-state index in [1.54, 1.807) is 0 Å². The van der Waals surface area contributed by atoms with Crippen molar-refractivity contribution in [2.75, 3.05) is 7.11 Å². The van der Waals surface area contributed by atoms with Crippen molar-refractivity contribution in [3.05, 3.63) is 0 Å². The molecular weight excluding hydrogens is 1460 g/mol. The summed E-state index contributed by atoms with van der Waals surface area (Å²) in [5.74, 6) is 9.10. The molecule has 0 aromatic carbocycles. The van der Waals surface area contributed by atoms with Gasteiger partial charge >= 0.3 is 120 Å². The van der Waals surface area contributed by atoms with Crippen molar-refractivity contribution in [1.29, 1.82) is 0 Å². The van der Waals surface area contributed by atoms with Crippen molar-refractivity contribution in [2.45, 2.75) is 204 Å². The minimum absolute atomic E-state index is 0.0889. The molecule has 0 saturated heterocycles. The van der Waals surface area contributed by atoms with E-state index in [-0.39, 0.29) is 45.6 Å². The summed E-state index contributed by atoms with van der Waals surface area (Å²) in [6.07, 6.45) is 22.9. The van der Waals surface area contributed by atoms with E-state index in [1.165, 1.54) is 90.6 Å². The Bertz CT molecular complexity index is 1620. The Labute approximate surface area is 470 Å². The summed E-state index contributed by atoms with van der Waals surface area (Å²) < 4.78 is 4.89. The number of hydrogen-bond acceptors (Lipinski definition) is 5. The molecule has 8 unspecified atom stereocenters. The average Bonchev–Trinajstić information content (AvgIpc) is 3.81. The van der Waals surface area contributed by atoms with E-state index in [2.05, 4.69) is 169 Å². The SMILES string of the molecule is CCC[C@@H](C)C1CCC2C3C(=O)[C@H](CC)[C@@H]4C[C@H](O)CC[C@]4(C)C3CC[C@@]21C.CC[C@H]1C(=O)C2C3CCC([C@H](C)CCC(=O)OC)[C@@]3(C)CCC2[C@@]2(C)CC[C@@H](C)C[C@@H]12.[I][V]([I])[I].[I][V][I]. The summed E-state index contributed by atoms with van der Waals surface area (Å²) in [6.45, 7) is 24.2. The molecule has 8 aliphatic carbocycles. The number of hydrogen-bond donors (Lipinski definition) is 1. The first-order valence-electron chi connectivity index (χ1n) is 26.6. The van der Waals surface area contributed by atoms with Crippen LogP contribution < -0.4 is 0 Å². The first kappa shape index (κ1) is 60.5. The molecule has 8 rings (SSSR count). The molecule has 12 heteroatoms. The Balaban J connectivity index is 0.000000218. The number of fused-ring (bicyclic) bond motifs is 10. The Morgan fingerprint density at radius 3 is 1.48 bits per heavy atom. The minimum atomic E-state index is -0.278. The summed E-state index contributed by atoms with van der Waals surface area (Å²) in [5.41, 5.74) is 1.27. The van der Waals surface area contributed by atoms with Gasteiger partial charge in [-0.25, -0.2) is 0 Å². The summed E-state index contributed by atoms with van der Waals surface area (Å²) in [4.78, 5) is 39.4. The number of carbonyl (C=O) groups excluding carboxylic acids is 3. The van der Waals surface area contributed by atoms with Gasteiger partial charge in [-0.15, -0.1) is 0 Å². The second-order valence-electron chi connectivity index (χ2n) is 24.4. The van der Waals surface area contributed by atoms with E-state index >= 15 is 0 Å². The number of Topliss-reactive ketones (excluding diaryl/α,β-unsaturated/α-hetero) is 2. The van der Waals surface area contributed by atoms with Crippen LogP contribution in [0.25, 0.3) is 0 Å². The first-order valence-corrected chi connectivity index (χ1v) is 49.1. The standard InChI is InChI=1S/C28H46O3.C26H44O2.5HI.2V/c1-7-19-23-16-17(2)12-14-28(23,5)22-13-15-27(4)20(18(3)8-11-24(29)31-6)9-10-21(27)25(22)26(19)30;1-6-8-16(3)19-9-10-20-23-21(12-14-25(19,20)4)26(5)13-11-17(27)15-22(26)18(7-2)24(23)28;;;;;;;/h17-23,25H,7-16H2,1-6H3;16-23,27H,6-15H2,1-5H3;5*1H;;/q;;;;;;;+2;+3/p-5/t17-,18-,19-,20?,21?,22?,23+,25?,27-,28-;16-,17-,18-,19?,20?,21?,22+,23?,25-,26-;;;;;;;/m11......./s1. The number of rotatable bonds is 9. The van der Waals surface area contributed by atoms with Crippen LogP contribution in [-0.2, 0) is 33.5 Å². The van der Waals surface area contributed by atoms with Crippen molar-refractivity contribution >= 4 is 117 Å². The molecule has 20 atom stereocenters. The van der Waals surface area contributed by atoms with Gasteiger partial charge in [0, 0.05) is 30.1 Å². The van der Waals surface area contributed by atoms with Gasteiger partial charge in [0.1, 0.15) is 11.6 Å². The van der Waals surface area contributed by atoms with Crippen LogP contribution in [0.2, 0.25) is 0 Å². The molecule has 0 radical (unpaired) electrons. The van der Waals surface area contributed by atoms with E-state index in [0.29, 0.717) is 91.5 Å².